The number of nitrogen functional groups attached to an aromatic ring is 1. The molecule has 0 saturated heterocycles. The van der Waals surface area contributed by atoms with Gasteiger partial charge in [-0.05, 0) is 24.3 Å². The van der Waals surface area contributed by atoms with Crippen LogP contribution in [0.4, 0.5) is 5.82 Å². The first-order valence-corrected chi connectivity index (χ1v) is 11.8. The van der Waals surface area contributed by atoms with Crippen molar-refractivity contribution in [1.29, 1.82) is 0 Å². The summed E-state index contributed by atoms with van der Waals surface area (Å²) in [6.07, 6.45) is 2.42. The number of nitrogens with one attached hydrogen (secondary N) is 1. The lowest BCUT2D eigenvalue weighted by molar-refractivity contribution is 0.0920. The van der Waals surface area contributed by atoms with Crippen molar-refractivity contribution in [1.82, 2.24) is 20.3 Å². The number of carbonyl (C=O) groups excluding carboxylic acids is 1. The fourth-order valence-corrected chi connectivity index (χ4v) is 4.56. The van der Waals surface area contributed by atoms with E-state index in [2.05, 4.69) is 15.3 Å². The summed E-state index contributed by atoms with van der Waals surface area (Å²) >= 11 is 0. The molecule has 0 unspecified atom stereocenters. The van der Waals surface area contributed by atoms with E-state index in [0.717, 1.165) is 33.3 Å². The number of para-hydroxylation sites is 1. The van der Waals surface area contributed by atoms with Crippen LogP contribution in [0.15, 0.2) is 91.1 Å². The molecule has 3 aromatic carbocycles. The molecule has 7 nitrogen and oxygen atoms in total. The number of carbonyl (C=O) groups is 1. The van der Waals surface area contributed by atoms with Crippen molar-refractivity contribution in [2.24, 2.45) is 0 Å². The Kier molecular flexibility index (Phi) is 5.50. The van der Waals surface area contributed by atoms with Crippen molar-refractivity contribution in [2.45, 2.75) is 12.5 Å². The van der Waals surface area contributed by atoms with E-state index in [1.54, 1.807) is 6.20 Å². The predicted molar refractivity (Wildman–Crippen MR) is 139 cm³/mol. The number of hydrogen-bond donors (Lipinski definition) is 2. The summed E-state index contributed by atoms with van der Waals surface area (Å²) in [4.78, 5) is 27.3. The third-order valence-electron chi connectivity index (χ3n) is 6.33. The van der Waals surface area contributed by atoms with E-state index in [9.17, 15) is 4.79 Å². The van der Waals surface area contributed by atoms with Gasteiger partial charge in [-0.3, -0.25) is 9.78 Å². The molecule has 3 N–H and O–H groups in total. The minimum absolute atomic E-state index is 0.0814. The average Bonchev–Trinajstić information content (AvgIpc) is 2.93. The van der Waals surface area contributed by atoms with Gasteiger partial charge in [-0.2, -0.15) is 0 Å². The zero-order valence-electron chi connectivity index (χ0n) is 19.4. The van der Waals surface area contributed by atoms with Gasteiger partial charge in [-0.15, -0.1) is 0 Å². The van der Waals surface area contributed by atoms with E-state index >= 15 is 0 Å². The number of amides is 1. The molecule has 0 bridgehead atoms. The van der Waals surface area contributed by atoms with Crippen LogP contribution in [0.25, 0.3) is 33.4 Å². The van der Waals surface area contributed by atoms with Crippen molar-refractivity contribution in [3.05, 3.63) is 102 Å². The lowest BCUT2D eigenvalue weighted by atomic mass is 10.00. The van der Waals surface area contributed by atoms with E-state index in [-0.39, 0.29) is 23.5 Å². The highest BCUT2D eigenvalue weighted by atomic mass is 16.5. The number of hydrogen-bond acceptors (Lipinski definition) is 6. The molecule has 5 aromatic rings. The summed E-state index contributed by atoms with van der Waals surface area (Å²) in [5.41, 5.74) is 11.1. The number of nitrogens with two attached hydrogens (primary N) is 1. The second kappa shape index (κ2) is 9.11. The molecule has 2 aromatic heterocycles. The fraction of sp³-hybridized carbons (Fsp3) is 0.103. The van der Waals surface area contributed by atoms with Crippen LogP contribution >= 0.6 is 0 Å². The lowest BCUT2D eigenvalue weighted by Gasteiger charge is -2.26. The highest BCUT2D eigenvalue weighted by Crippen LogP contribution is 2.34. The molecule has 0 aliphatic carbocycles. The quantitative estimate of drug-likeness (QED) is 0.372. The number of anilines is 1. The maximum absolute atomic E-state index is 13.4. The number of pyridine rings is 1. The Labute approximate surface area is 208 Å². The molecular weight excluding hydrogens is 450 g/mol. The molecule has 6 rings (SSSR count). The second-order valence-corrected chi connectivity index (χ2v) is 8.63. The van der Waals surface area contributed by atoms with Crippen molar-refractivity contribution < 1.29 is 9.53 Å². The molecule has 0 fully saturated rings. The smallest absolute Gasteiger partial charge is 0.274 e. The van der Waals surface area contributed by atoms with E-state index in [0.29, 0.717) is 24.4 Å². The van der Waals surface area contributed by atoms with E-state index in [1.807, 2.05) is 84.9 Å². The number of ether oxygens (including phenoxy) is 1. The standard InChI is InChI=1S/C29H23N5O2/c30-28-27(29(35)32-23-14-16-36-24-11-5-4-10-21(23)24)33-26(25(34-28)18-7-2-1-3-8-18)20-12-13-22-19(17-20)9-6-15-31-22/h1-13,15,17,23H,14,16H2,(H2,30,34)(H,32,35)/t23-/m0/s1. The molecular formula is C29H23N5O2. The zero-order chi connectivity index (χ0) is 24.5. The Morgan fingerprint density at radius 1 is 0.889 bits per heavy atom. The molecule has 1 aliphatic rings. The second-order valence-electron chi connectivity index (χ2n) is 8.63. The maximum atomic E-state index is 13.4. The van der Waals surface area contributed by atoms with E-state index < -0.39 is 0 Å². The molecule has 0 saturated carbocycles. The van der Waals surface area contributed by atoms with Gasteiger partial charge in [0.05, 0.1) is 29.6 Å². The first-order valence-electron chi connectivity index (χ1n) is 11.8. The molecule has 0 spiro atoms. The minimum atomic E-state index is -0.370. The van der Waals surface area contributed by atoms with Crippen LogP contribution in [0.5, 0.6) is 5.75 Å². The molecule has 1 aliphatic heterocycles. The molecule has 7 heteroatoms. The van der Waals surface area contributed by atoms with Gasteiger partial charge in [0.2, 0.25) is 0 Å². The fourth-order valence-electron chi connectivity index (χ4n) is 4.56. The van der Waals surface area contributed by atoms with Crippen LogP contribution in [0.1, 0.15) is 28.5 Å². The monoisotopic (exact) mass is 473 g/mol. The van der Waals surface area contributed by atoms with Crippen LogP contribution in [0, 0.1) is 0 Å². The number of fused-ring (bicyclic) bond motifs is 2. The van der Waals surface area contributed by atoms with Gasteiger partial charge in [-0.1, -0.05) is 60.7 Å². The van der Waals surface area contributed by atoms with E-state index in [1.165, 1.54) is 0 Å². The van der Waals surface area contributed by atoms with E-state index in [4.69, 9.17) is 15.5 Å². The number of benzene rings is 3. The summed E-state index contributed by atoms with van der Waals surface area (Å²) in [6.45, 7) is 0.520. The van der Waals surface area contributed by atoms with Gasteiger partial charge in [0.1, 0.15) is 5.75 Å². The Morgan fingerprint density at radius 2 is 1.69 bits per heavy atom. The average molecular weight is 474 g/mol. The van der Waals surface area contributed by atoms with Crippen molar-refractivity contribution in [3.8, 4) is 28.3 Å². The summed E-state index contributed by atoms with van der Waals surface area (Å²) in [5, 5.41) is 4.06. The highest BCUT2D eigenvalue weighted by molar-refractivity contribution is 5.98. The first kappa shape index (κ1) is 21.7. The van der Waals surface area contributed by atoms with Crippen LogP contribution in [-0.4, -0.2) is 27.5 Å². The van der Waals surface area contributed by atoms with Crippen LogP contribution in [0.2, 0.25) is 0 Å². The topological polar surface area (TPSA) is 103 Å². The summed E-state index contributed by atoms with van der Waals surface area (Å²) in [6, 6.07) is 27.0. The number of aromatic nitrogens is 3. The van der Waals surface area contributed by atoms with Gasteiger partial charge in [0.25, 0.3) is 5.91 Å². The van der Waals surface area contributed by atoms with Crippen LogP contribution < -0.4 is 15.8 Å². The third kappa shape index (κ3) is 4.01. The van der Waals surface area contributed by atoms with Gasteiger partial charge >= 0.3 is 0 Å². The van der Waals surface area contributed by atoms with Crippen LogP contribution in [0.3, 0.4) is 0 Å². The molecule has 176 valence electrons. The minimum Gasteiger partial charge on any atom is -0.493 e. The van der Waals surface area contributed by atoms with Gasteiger partial charge in [-0.25, -0.2) is 9.97 Å². The predicted octanol–water partition coefficient (Wildman–Crippen LogP) is 5.19. The summed E-state index contributed by atoms with van der Waals surface area (Å²) in [7, 11) is 0. The Bertz CT molecular complexity index is 1590. The summed E-state index contributed by atoms with van der Waals surface area (Å²) < 4.78 is 5.73. The molecule has 3 heterocycles. The maximum Gasteiger partial charge on any atom is 0.274 e. The first-order chi connectivity index (χ1) is 17.7. The van der Waals surface area contributed by atoms with Crippen molar-refractivity contribution in [3.63, 3.8) is 0 Å². The molecule has 36 heavy (non-hydrogen) atoms. The van der Waals surface area contributed by atoms with Crippen molar-refractivity contribution >= 4 is 22.6 Å². The lowest BCUT2D eigenvalue weighted by Crippen LogP contribution is -2.33. The van der Waals surface area contributed by atoms with Gasteiger partial charge in [0, 0.05) is 34.7 Å². The Balaban J connectivity index is 1.44. The molecule has 1 atom stereocenters. The summed E-state index contributed by atoms with van der Waals surface area (Å²) in [5.74, 6) is 0.487. The third-order valence-corrected chi connectivity index (χ3v) is 6.33. The SMILES string of the molecule is Nc1nc(-c2ccccc2)c(-c2ccc3ncccc3c2)nc1C(=O)N[C@H]1CCOc2ccccc21. The largest absolute Gasteiger partial charge is 0.493 e. The van der Waals surface area contributed by atoms with Crippen LogP contribution in [-0.2, 0) is 0 Å². The Hall–Kier alpha value is -4.78. The number of rotatable bonds is 4. The van der Waals surface area contributed by atoms with Crippen molar-refractivity contribution in [2.75, 3.05) is 12.3 Å². The molecule has 1 amide bonds. The normalized spacial score (nSPS) is 14.6. The Morgan fingerprint density at radius 3 is 2.58 bits per heavy atom. The molecule has 0 radical (unpaired) electrons. The zero-order valence-corrected chi connectivity index (χ0v) is 19.4. The number of nitrogens with zero attached hydrogens (tertiary/aromatic N) is 3. The van der Waals surface area contributed by atoms with Gasteiger partial charge in [0.15, 0.2) is 11.5 Å². The van der Waals surface area contributed by atoms with Gasteiger partial charge < -0.3 is 15.8 Å². The highest BCUT2D eigenvalue weighted by Gasteiger charge is 2.26.